The second-order valence-corrected chi connectivity index (χ2v) is 6.88. The van der Waals surface area contributed by atoms with E-state index in [0.29, 0.717) is 25.7 Å². The Bertz CT molecular complexity index is 512. The third-order valence-corrected chi connectivity index (χ3v) is 4.83. The van der Waals surface area contributed by atoms with Gasteiger partial charge in [0.25, 0.3) is 0 Å². The second-order valence-electron chi connectivity index (χ2n) is 6.88. The summed E-state index contributed by atoms with van der Waals surface area (Å²) in [7, 11) is 0. The lowest BCUT2D eigenvalue weighted by atomic mass is 9.66. The van der Waals surface area contributed by atoms with E-state index in [0.717, 1.165) is 25.5 Å². The lowest BCUT2D eigenvalue weighted by Gasteiger charge is -2.34. The van der Waals surface area contributed by atoms with Crippen molar-refractivity contribution in [2.45, 2.75) is 78.6 Å². The van der Waals surface area contributed by atoms with Crippen LogP contribution in [0.5, 0.6) is 0 Å². The van der Waals surface area contributed by atoms with E-state index >= 15 is 0 Å². The van der Waals surface area contributed by atoms with Crippen molar-refractivity contribution in [3.05, 3.63) is 11.8 Å². The van der Waals surface area contributed by atoms with Crippen LogP contribution in [0.25, 0.3) is 0 Å². The van der Waals surface area contributed by atoms with Crippen LogP contribution in [0.15, 0.2) is 11.8 Å². The topological polar surface area (TPSA) is 130 Å². The number of carbonyl (C=O) groups is 3. The van der Waals surface area contributed by atoms with Gasteiger partial charge in [-0.2, -0.15) is 4.89 Å². The molecule has 0 aromatic rings. The third kappa shape index (κ3) is 7.50. The molecule has 0 heterocycles. The van der Waals surface area contributed by atoms with Gasteiger partial charge >= 0.3 is 17.9 Å². The Labute approximate surface area is 166 Å². The first-order valence-corrected chi connectivity index (χ1v) is 9.97. The molecule has 8 nitrogen and oxygen atoms in total. The molecule has 8 heteroatoms. The summed E-state index contributed by atoms with van der Waals surface area (Å²) in [6.07, 6.45) is 5.39. The predicted molar refractivity (Wildman–Crippen MR) is 103 cm³/mol. The summed E-state index contributed by atoms with van der Waals surface area (Å²) < 4.78 is 0. The van der Waals surface area contributed by atoms with Gasteiger partial charge < -0.3 is 20.2 Å². The minimum Gasteiger partial charge on any atom is -0.480 e. The molecule has 28 heavy (non-hydrogen) atoms. The van der Waals surface area contributed by atoms with Crippen molar-refractivity contribution in [3.8, 4) is 0 Å². The summed E-state index contributed by atoms with van der Waals surface area (Å²) >= 11 is 0. The maximum Gasteiger partial charge on any atom is 0.335 e. The number of unbranched alkanes of at least 4 members (excludes halogenated alkanes) is 4. The Hall–Kier alpha value is -2.09. The molecule has 0 aliphatic heterocycles. The van der Waals surface area contributed by atoms with Crippen LogP contribution in [0.2, 0.25) is 0 Å². The summed E-state index contributed by atoms with van der Waals surface area (Å²) in [5, 5.41) is 29.4. The maximum absolute atomic E-state index is 12.1. The molecule has 3 N–H and O–H groups in total. The van der Waals surface area contributed by atoms with Crippen LogP contribution in [0.4, 0.5) is 0 Å². The van der Waals surface area contributed by atoms with E-state index in [-0.39, 0.29) is 19.4 Å². The van der Waals surface area contributed by atoms with Crippen molar-refractivity contribution in [1.29, 1.82) is 0 Å². The smallest absolute Gasteiger partial charge is 0.335 e. The molecule has 0 bridgehead atoms. The van der Waals surface area contributed by atoms with E-state index in [2.05, 4.69) is 0 Å². The summed E-state index contributed by atoms with van der Waals surface area (Å²) in [6.45, 7) is 5.97. The molecule has 1 atom stereocenters. The van der Waals surface area contributed by atoms with Gasteiger partial charge in [0, 0.05) is 5.92 Å². The van der Waals surface area contributed by atoms with Crippen molar-refractivity contribution >= 4 is 17.9 Å². The number of carboxylic acids is 3. The predicted octanol–water partition coefficient (Wildman–Crippen LogP) is 4.25. The molecule has 0 rings (SSSR count). The zero-order chi connectivity index (χ0) is 21.6. The molecule has 0 radical (unpaired) electrons. The largest absolute Gasteiger partial charge is 0.480 e. The number of rotatable bonds is 17. The Morgan fingerprint density at radius 2 is 1.46 bits per heavy atom. The summed E-state index contributed by atoms with van der Waals surface area (Å²) in [5.74, 6) is -5.72. The Morgan fingerprint density at radius 1 is 0.893 bits per heavy atom. The van der Waals surface area contributed by atoms with Crippen LogP contribution >= 0.6 is 0 Å². The highest BCUT2D eigenvalue weighted by molar-refractivity contribution is 6.01. The maximum atomic E-state index is 12.1. The van der Waals surface area contributed by atoms with Crippen LogP contribution in [0.3, 0.4) is 0 Å². The van der Waals surface area contributed by atoms with Crippen molar-refractivity contribution in [1.82, 2.24) is 0 Å². The lowest BCUT2D eigenvalue weighted by molar-refractivity contribution is -0.250. The first-order chi connectivity index (χ1) is 13.3. The number of carboxylic acid groups (broad SMARTS) is 3. The van der Waals surface area contributed by atoms with E-state index in [4.69, 9.17) is 9.78 Å². The van der Waals surface area contributed by atoms with Gasteiger partial charge in [-0.15, -0.1) is 0 Å². The number of aliphatic carboxylic acids is 3. The van der Waals surface area contributed by atoms with Crippen molar-refractivity contribution in [3.63, 3.8) is 0 Å². The van der Waals surface area contributed by atoms with Crippen LogP contribution in [0.1, 0.15) is 78.6 Å². The van der Waals surface area contributed by atoms with Crippen LogP contribution in [-0.2, 0) is 24.2 Å². The molecule has 162 valence electrons. The molecule has 0 amide bonds. The molecule has 0 fully saturated rings. The normalized spacial score (nSPS) is 13.2. The zero-order valence-corrected chi connectivity index (χ0v) is 17.1. The highest BCUT2D eigenvalue weighted by atomic mass is 17.2. The fraction of sp³-hybridized carbons (Fsp3) is 0.750. The van der Waals surface area contributed by atoms with Gasteiger partial charge in [-0.3, -0.25) is 9.59 Å². The molecule has 0 aromatic carbocycles. The zero-order valence-electron chi connectivity index (χ0n) is 17.1. The average Bonchev–Trinajstić information content (AvgIpc) is 2.63. The van der Waals surface area contributed by atoms with E-state index in [1.165, 1.54) is 0 Å². The first-order valence-electron chi connectivity index (χ1n) is 9.97. The summed E-state index contributed by atoms with van der Waals surface area (Å²) in [5.41, 5.74) is -2.63. The average molecular weight is 402 g/mol. The summed E-state index contributed by atoms with van der Waals surface area (Å²) in [6, 6.07) is 0. The van der Waals surface area contributed by atoms with Crippen molar-refractivity contribution < 1.29 is 39.5 Å². The van der Waals surface area contributed by atoms with Gasteiger partial charge in [0.1, 0.15) is 6.26 Å². The Morgan fingerprint density at radius 3 is 1.93 bits per heavy atom. The van der Waals surface area contributed by atoms with Gasteiger partial charge in [0.05, 0.1) is 12.2 Å². The van der Waals surface area contributed by atoms with Gasteiger partial charge in [-0.05, 0) is 19.3 Å². The fourth-order valence-corrected chi connectivity index (χ4v) is 3.12. The minimum atomic E-state index is -2.24. The monoisotopic (exact) mass is 402 g/mol. The number of hydrogen-bond acceptors (Lipinski definition) is 5. The molecule has 0 saturated carbocycles. The molecule has 1 unspecified atom stereocenters. The van der Waals surface area contributed by atoms with Crippen LogP contribution < -0.4 is 0 Å². The highest BCUT2D eigenvalue weighted by Crippen LogP contribution is 2.42. The van der Waals surface area contributed by atoms with Gasteiger partial charge in [0.2, 0.25) is 0 Å². The van der Waals surface area contributed by atoms with E-state index in [1.807, 2.05) is 20.8 Å². The lowest BCUT2D eigenvalue weighted by Crippen LogP contribution is -2.47. The second kappa shape index (κ2) is 14.0. The van der Waals surface area contributed by atoms with E-state index < -0.39 is 34.8 Å². The first kappa shape index (κ1) is 25.9. The Kier molecular flexibility index (Phi) is 12.9. The molecule has 0 saturated heterocycles. The standard InChI is InChI=1S/C20H34O8/c1-4-7-10-11-16(15(17(21)22)14-28-27-13-9-6-3)20(18(23)24,19(25)26)12-8-5-2/h14,16H,4-13H2,1-3H3,(H,21,22)(H,23,24)(H,25,26)/b15-14+. The van der Waals surface area contributed by atoms with E-state index in [1.54, 1.807) is 0 Å². The minimum absolute atomic E-state index is 0.118. The summed E-state index contributed by atoms with van der Waals surface area (Å²) in [4.78, 5) is 45.9. The quantitative estimate of drug-likeness (QED) is 0.0822. The molecule has 0 aromatic heterocycles. The highest BCUT2D eigenvalue weighted by Gasteiger charge is 2.54. The molecular formula is C20H34O8. The van der Waals surface area contributed by atoms with Gasteiger partial charge in [0.15, 0.2) is 5.41 Å². The molecular weight excluding hydrogens is 368 g/mol. The Balaban J connectivity index is 6.02. The molecule has 0 aliphatic carbocycles. The van der Waals surface area contributed by atoms with Gasteiger partial charge in [-0.25, -0.2) is 4.79 Å². The van der Waals surface area contributed by atoms with Crippen LogP contribution in [-0.4, -0.2) is 39.8 Å². The van der Waals surface area contributed by atoms with E-state index in [9.17, 15) is 29.7 Å². The van der Waals surface area contributed by atoms with Gasteiger partial charge in [-0.1, -0.05) is 59.3 Å². The molecule has 0 aliphatic rings. The fourth-order valence-electron chi connectivity index (χ4n) is 3.12. The van der Waals surface area contributed by atoms with Crippen LogP contribution in [0, 0.1) is 11.3 Å². The third-order valence-electron chi connectivity index (χ3n) is 4.83. The SMILES string of the molecule is CCCCCC(/C(=C\OOCCCC)C(=O)O)C(CCCC)(C(=O)O)C(=O)O. The number of hydrogen-bond donors (Lipinski definition) is 3. The van der Waals surface area contributed by atoms with Crippen molar-refractivity contribution in [2.24, 2.45) is 11.3 Å². The van der Waals surface area contributed by atoms with Crippen molar-refractivity contribution in [2.75, 3.05) is 6.61 Å². The molecule has 0 spiro atoms.